The van der Waals surface area contributed by atoms with Crippen LogP contribution in [0, 0.1) is 6.92 Å². The third-order valence-corrected chi connectivity index (χ3v) is 2.50. The molecule has 0 aliphatic heterocycles. The molecule has 0 atom stereocenters. The number of anilines is 1. The van der Waals surface area contributed by atoms with Crippen molar-refractivity contribution in [1.82, 2.24) is 15.0 Å². The minimum atomic E-state index is 0.352. The normalized spacial score (nSPS) is 10.3. The van der Waals surface area contributed by atoms with E-state index in [4.69, 9.17) is 4.74 Å². The Hall–Kier alpha value is -2.17. The zero-order chi connectivity index (χ0) is 13.7. The van der Waals surface area contributed by atoms with Gasteiger partial charge in [-0.15, -0.1) is 0 Å². The fourth-order valence-electron chi connectivity index (χ4n) is 1.70. The number of nitrogens with one attached hydrogen (secondary N) is 1. The predicted molar refractivity (Wildman–Crippen MR) is 75.3 cm³/mol. The predicted octanol–water partition coefficient (Wildman–Crippen LogP) is 2.68. The van der Waals surface area contributed by atoms with Gasteiger partial charge in [0, 0.05) is 12.1 Å². The zero-order valence-corrected chi connectivity index (χ0v) is 11.5. The van der Waals surface area contributed by atoms with Crippen LogP contribution in [0.25, 0.3) is 11.4 Å². The van der Waals surface area contributed by atoms with Gasteiger partial charge in [0.1, 0.15) is 0 Å². The summed E-state index contributed by atoms with van der Waals surface area (Å²) < 4.78 is 5.38. The van der Waals surface area contributed by atoms with Gasteiger partial charge in [-0.1, -0.05) is 23.8 Å². The molecule has 0 amide bonds. The van der Waals surface area contributed by atoms with Crippen molar-refractivity contribution in [2.24, 2.45) is 0 Å². The first kappa shape index (κ1) is 13.3. The van der Waals surface area contributed by atoms with Crippen molar-refractivity contribution in [2.75, 3.05) is 18.5 Å². The largest absolute Gasteiger partial charge is 0.464 e. The highest BCUT2D eigenvalue weighted by Crippen LogP contribution is 2.19. The van der Waals surface area contributed by atoms with E-state index in [0.29, 0.717) is 24.4 Å². The van der Waals surface area contributed by atoms with Gasteiger partial charge in [0.15, 0.2) is 5.82 Å². The van der Waals surface area contributed by atoms with Crippen molar-refractivity contribution in [2.45, 2.75) is 20.8 Å². The second-order valence-corrected chi connectivity index (χ2v) is 4.10. The summed E-state index contributed by atoms with van der Waals surface area (Å²) in [5.41, 5.74) is 2.13. The first-order valence-corrected chi connectivity index (χ1v) is 6.42. The number of rotatable bonds is 5. The number of hydrogen-bond acceptors (Lipinski definition) is 5. The first-order valence-electron chi connectivity index (χ1n) is 6.42. The lowest BCUT2D eigenvalue weighted by atomic mass is 10.1. The molecule has 2 aromatic rings. The van der Waals surface area contributed by atoms with Gasteiger partial charge in [-0.3, -0.25) is 0 Å². The van der Waals surface area contributed by atoms with E-state index in [1.54, 1.807) is 0 Å². The maximum atomic E-state index is 5.38. The smallest absolute Gasteiger partial charge is 0.321 e. The summed E-state index contributed by atoms with van der Waals surface area (Å²) in [7, 11) is 0. The highest BCUT2D eigenvalue weighted by atomic mass is 16.5. The molecule has 100 valence electrons. The molecule has 5 heteroatoms. The number of hydrogen-bond donors (Lipinski definition) is 1. The molecule has 19 heavy (non-hydrogen) atoms. The van der Waals surface area contributed by atoms with Crippen molar-refractivity contribution in [3.8, 4) is 17.4 Å². The van der Waals surface area contributed by atoms with Crippen LogP contribution in [-0.2, 0) is 0 Å². The molecule has 1 N–H and O–H groups in total. The number of aromatic nitrogens is 3. The Bertz CT molecular complexity index is 533. The number of ether oxygens (including phenoxy) is 1. The van der Waals surface area contributed by atoms with Crippen molar-refractivity contribution >= 4 is 5.95 Å². The lowest BCUT2D eigenvalue weighted by molar-refractivity contribution is 0.312. The molecule has 5 nitrogen and oxygen atoms in total. The Morgan fingerprint density at radius 1 is 1.16 bits per heavy atom. The topological polar surface area (TPSA) is 59.9 Å². The third-order valence-electron chi connectivity index (χ3n) is 2.50. The Balaban J connectivity index is 2.43. The first-order chi connectivity index (χ1) is 9.22. The quantitative estimate of drug-likeness (QED) is 0.893. The van der Waals surface area contributed by atoms with Gasteiger partial charge >= 0.3 is 6.01 Å². The summed E-state index contributed by atoms with van der Waals surface area (Å²) in [6.45, 7) is 7.23. The minimum absolute atomic E-state index is 0.352. The van der Waals surface area contributed by atoms with Gasteiger partial charge in [-0.25, -0.2) is 0 Å². The molecule has 0 unspecified atom stereocenters. The molecular weight excluding hydrogens is 240 g/mol. The van der Waals surface area contributed by atoms with E-state index < -0.39 is 0 Å². The molecule has 1 aromatic heterocycles. The van der Waals surface area contributed by atoms with Crippen LogP contribution in [-0.4, -0.2) is 28.1 Å². The van der Waals surface area contributed by atoms with E-state index in [2.05, 4.69) is 20.3 Å². The highest BCUT2D eigenvalue weighted by Gasteiger charge is 2.08. The lowest BCUT2D eigenvalue weighted by Crippen LogP contribution is -2.07. The van der Waals surface area contributed by atoms with Crippen LogP contribution in [0.4, 0.5) is 5.95 Å². The molecular formula is C14H18N4O. The van der Waals surface area contributed by atoms with Crippen LogP contribution in [0.1, 0.15) is 19.4 Å². The Morgan fingerprint density at radius 3 is 2.68 bits per heavy atom. The van der Waals surface area contributed by atoms with Gasteiger partial charge in [0.05, 0.1) is 6.61 Å². The van der Waals surface area contributed by atoms with E-state index in [-0.39, 0.29) is 0 Å². The Morgan fingerprint density at radius 2 is 2.00 bits per heavy atom. The molecule has 2 rings (SSSR count). The van der Waals surface area contributed by atoms with Crippen molar-refractivity contribution in [3.63, 3.8) is 0 Å². The molecule has 0 aliphatic carbocycles. The molecule has 0 spiro atoms. The highest BCUT2D eigenvalue weighted by molar-refractivity contribution is 5.57. The van der Waals surface area contributed by atoms with E-state index in [9.17, 15) is 0 Å². The van der Waals surface area contributed by atoms with Gasteiger partial charge in [-0.2, -0.15) is 15.0 Å². The summed E-state index contributed by atoms with van der Waals surface area (Å²) in [4.78, 5) is 12.9. The molecule has 0 saturated carbocycles. The molecule has 0 radical (unpaired) electrons. The fourth-order valence-corrected chi connectivity index (χ4v) is 1.70. The maximum absolute atomic E-state index is 5.38. The van der Waals surface area contributed by atoms with Gasteiger partial charge < -0.3 is 10.1 Å². The number of nitrogens with zero attached hydrogens (tertiary/aromatic N) is 3. The summed E-state index contributed by atoms with van der Waals surface area (Å²) in [5.74, 6) is 1.16. The van der Waals surface area contributed by atoms with E-state index in [1.165, 1.54) is 5.56 Å². The van der Waals surface area contributed by atoms with Crippen molar-refractivity contribution < 1.29 is 4.74 Å². The minimum Gasteiger partial charge on any atom is -0.464 e. The summed E-state index contributed by atoms with van der Waals surface area (Å²) >= 11 is 0. The van der Waals surface area contributed by atoms with Crippen molar-refractivity contribution in [3.05, 3.63) is 29.8 Å². The van der Waals surface area contributed by atoms with Crippen LogP contribution < -0.4 is 10.1 Å². The molecule has 0 bridgehead atoms. The summed E-state index contributed by atoms with van der Waals surface area (Å²) in [6, 6.07) is 8.40. The van der Waals surface area contributed by atoms with Gasteiger partial charge in [0.25, 0.3) is 0 Å². The third kappa shape index (κ3) is 3.40. The molecule has 1 aromatic carbocycles. The average Bonchev–Trinajstić information content (AvgIpc) is 2.39. The van der Waals surface area contributed by atoms with Crippen LogP contribution in [0.15, 0.2) is 24.3 Å². The molecule has 0 fully saturated rings. The van der Waals surface area contributed by atoms with Crippen LogP contribution in [0.5, 0.6) is 6.01 Å². The lowest BCUT2D eigenvalue weighted by Gasteiger charge is -2.08. The number of aryl methyl sites for hydroxylation is 1. The van der Waals surface area contributed by atoms with E-state index in [0.717, 1.165) is 12.1 Å². The monoisotopic (exact) mass is 258 g/mol. The Kier molecular flexibility index (Phi) is 4.28. The van der Waals surface area contributed by atoms with Crippen LogP contribution in [0.3, 0.4) is 0 Å². The second-order valence-electron chi connectivity index (χ2n) is 4.10. The fraction of sp³-hybridized carbons (Fsp3) is 0.357. The average molecular weight is 258 g/mol. The SMILES string of the molecule is CCNc1nc(OCC)nc(-c2cccc(C)c2)n1. The van der Waals surface area contributed by atoms with Crippen LogP contribution in [0.2, 0.25) is 0 Å². The van der Waals surface area contributed by atoms with Crippen molar-refractivity contribution in [1.29, 1.82) is 0 Å². The number of benzene rings is 1. The van der Waals surface area contributed by atoms with Gasteiger partial charge in [0.2, 0.25) is 5.95 Å². The van der Waals surface area contributed by atoms with Gasteiger partial charge in [-0.05, 0) is 26.8 Å². The summed E-state index contributed by atoms with van der Waals surface area (Å²) in [6.07, 6.45) is 0. The Labute approximate surface area is 113 Å². The summed E-state index contributed by atoms with van der Waals surface area (Å²) in [5, 5.41) is 3.09. The van der Waals surface area contributed by atoms with E-state index in [1.807, 2.05) is 45.0 Å². The second kappa shape index (κ2) is 6.13. The van der Waals surface area contributed by atoms with Crippen LogP contribution >= 0.6 is 0 Å². The molecule has 1 heterocycles. The molecule has 0 saturated heterocycles. The van der Waals surface area contributed by atoms with E-state index >= 15 is 0 Å². The maximum Gasteiger partial charge on any atom is 0.321 e. The standard InChI is InChI=1S/C14H18N4O/c1-4-15-13-16-12(17-14(18-13)19-5-2)11-8-6-7-10(3)9-11/h6-9H,4-5H2,1-3H3,(H,15,16,17,18). The zero-order valence-electron chi connectivity index (χ0n) is 11.5. The molecule has 0 aliphatic rings.